The van der Waals surface area contributed by atoms with Crippen LogP contribution in [0.15, 0.2) is 12.3 Å². The smallest absolute Gasteiger partial charge is 0.250 e. The van der Waals surface area contributed by atoms with Gasteiger partial charge >= 0.3 is 0 Å². The van der Waals surface area contributed by atoms with Crippen LogP contribution in [-0.2, 0) is 0 Å². The Labute approximate surface area is 82.5 Å². The van der Waals surface area contributed by atoms with Crippen LogP contribution in [0.5, 0.6) is 0 Å². The summed E-state index contributed by atoms with van der Waals surface area (Å²) >= 11 is 0. The van der Waals surface area contributed by atoms with Gasteiger partial charge in [0.2, 0.25) is 5.91 Å². The highest BCUT2D eigenvalue weighted by Gasteiger charge is 2.26. The molecule has 2 heterocycles. The number of hydrogen-bond acceptors (Lipinski definition) is 3. The van der Waals surface area contributed by atoms with Crippen LogP contribution in [0.25, 0.3) is 0 Å². The first kappa shape index (κ1) is 8.99. The van der Waals surface area contributed by atoms with Crippen molar-refractivity contribution in [3.05, 3.63) is 23.4 Å². The second-order valence-corrected chi connectivity index (χ2v) is 3.75. The number of amides is 1. The summed E-state index contributed by atoms with van der Waals surface area (Å²) in [4.78, 5) is 15.1. The van der Waals surface area contributed by atoms with Gasteiger partial charge in [0.15, 0.2) is 0 Å². The van der Waals surface area contributed by atoms with E-state index in [1.54, 1.807) is 0 Å². The largest absolute Gasteiger partial charge is 0.367 e. The van der Waals surface area contributed by atoms with Gasteiger partial charge in [-0.15, -0.1) is 0 Å². The Morgan fingerprint density at radius 3 is 2.93 bits per heavy atom. The molecule has 1 aliphatic rings. The maximum atomic E-state index is 11.0. The second kappa shape index (κ2) is 2.97. The second-order valence-electron chi connectivity index (χ2n) is 3.75. The average molecular weight is 191 g/mol. The number of nitrogens with zero attached hydrogens (tertiary/aromatic N) is 1. The number of hydrogen-bond donors (Lipinski definition) is 2. The van der Waals surface area contributed by atoms with Crippen LogP contribution in [0.1, 0.15) is 35.7 Å². The van der Waals surface area contributed by atoms with Gasteiger partial charge in [0.25, 0.3) is 0 Å². The highest BCUT2D eigenvalue weighted by molar-refractivity contribution is 5.93. The van der Waals surface area contributed by atoms with Gasteiger partial charge in [-0.05, 0) is 13.0 Å². The van der Waals surface area contributed by atoms with E-state index >= 15 is 0 Å². The predicted octanol–water partition coefficient (Wildman–Crippen LogP) is 1.10. The van der Waals surface area contributed by atoms with Crippen molar-refractivity contribution in [1.82, 2.24) is 4.98 Å². The Bertz CT molecular complexity index is 389. The maximum Gasteiger partial charge on any atom is 0.250 e. The fraction of sp³-hybridized carbons (Fsp3) is 0.400. The summed E-state index contributed by atoms with van der Waals surface area (Å²) in [5.74, 6) is 0.818. The molecule has 0 saturated heterocycles. The van der Waals surface area contributed by atoms with Crippen LogP contribution in [0.3, 0.4) is 0 Å². The van der Waals surface area contributed by atoms with Gasteiger partial charge in [0.1, 0.15) is 5.82 Å². The number of rotatable bonds is 1. The summed E-state index contributed by atoms with van der Waals surface area (Å²) in [6.45, 7) is 4.20. The number of fused-ring (bicyclic) bond motifs is 1. The molecule has 1 aromatic rings. The number of nitrogens with two attached hydrogens (primary N) is 1. The Balaban J connectivity index is 2.46. The van der Waals surface area contributed by atoms with Gasteiger partial charge in [-0.25, -0.2) is 4.98 Å². The molecular formula is C10H13N3O. The van der Waals surface area contributed by atoms with Crippen LogP contribution >= 0.6 is 0 Å². The van der Waals surface area contributed by atoms with Crippen LogP contribution < -0.4 is 11.1 Å². The first-order valence-corrected chi connectivity index (χ1v) is 4.66. The minimum absolute atomic E-state index is 0.362. The molecule has 2 rings (SSSR count). The lowest BCUT2D eigenvalue weighted by molar-refractivity contribution is 0.1000. The molecule has 0 unspecified atom stereocenters. The highest BCUT2D eigenvalue weighted by atomic mass is 16.1. The van der Waals surface area contributed by atoms with Crippen LogP contribution in [0, 0.1) is 0 Å². The molecule has 0 bridgehead atoms. The summed E-state index contributed by atoms with van der Waals surface area (Å²) in [7, 11) is 0. The van der Waals surface area contributed by atoms with Crippen molar-refractivity contribution < 1.29 is 4.79 Å². The minimum Gasteiger partial charge on any atom is -0.367 e. The monoisotopic (exact) mass is 191 g/mol. The number of anilines is 1. The summed E-state index contributed by atoms with van der Waals surface area (Å²) in [6, 6.07) is 2.19. The van der Waals surface area contributed by atoms with Gasteiger partial charge in [-0.3, -0.25) is 4.79 Å². The lowest BCUT2D eigenvalue weighted by Gasteiger charge is -2.08. The third kappa shape index (κ3) is 1.23. The van der Waals surface area contributed by atoms with Gasteiger partial charge in [0, 0.05) is 23.7 Å². The van der Waals surface area contributed by atoms with Crippen molar-refractivity contribution in [3.63, 3.8) is 0 Å². The fourth-order valence-electron chi connectivity index (χ4n) is 1.69. The molecule has 14 heavy (non-hydrogen) atoms. The van der Waals surface area contributed by atoms with Crippen molar-refractivity contribution in [3.8, 4) is 0 Å². The molecule has 0 aliphatic carbocycles. The Morgan fingerprint density at radius 2 is 2.29 bits per heavy atom. The van der Waals surface area contributed by atoms with Crippen LogP contribution in [-0.4, -0.2) is 16.9 Å². The molecule has 1 amide bonds. The number of primary amides is 1. The zero-order valence-electron chi connectivity index (χ0n) is 8.24. The van der Waals surface area contributed by atoms with E-state index in [1.165, 1.54) is 6.20 Å². The molecule has 4 nitrogen and oxygen atoms in total. The molecule has 0 fully saturated rings. The normalized spacial score (nSPS) is 24.1. The SMILES string of the molecule is C[C@@H]1Nc2ncc(C(N)=O)cc2[C@@H]1C. The van der Waals surface area contributed by atoms with Gasteiger partial charge in [-0.1, -0.05) is 6.92 Å². The van der Waals surface area contributed by atoms with E-state index in [9.17, 15) is 4.79 Å². The first-order chi connectivity index (χ1) is 6.59. The van der Waals surface area contributed by atoms with E-state index in [0.29, 0.717) is 17.5 Å². The molecule has 1 aliphatic heterocycles. The lowest BCUT2D eigenvalue weighted by atomic mass is 9.98. The van der Waals surface area contributed by atoms with Gasteiger partial charge < -0.3 is 11.1 Å². The van der Waals surface area contributed by atoms with Crippen molar-refractivity contribution >= 4 is 11.7 Å². The molecule has 0 spiro atoms. The van der Waals surface area contributed by atoms with Crippen LogP contribution in [0.4, 0.5) is 5.82 Å². The molecule has 4 heteroatoms. The van der Waals surface area contributed by atoms with Crippen molar-refractivity contribution in [1.29, 1.82) is 0 Å². The Morgan fingerprint density at radius 1 is 1.57 bits per heavy atom. The zero-order chi connectivity index (χ0) is 10.3. The average Bonchev–Trinajstić information content (AvgIpc) is 2.43. The van der Waals surface area contributed by atoms with Gasteiger partial charge in [0.05, 0.1) is 5.56 Å². The van der Waals surface area contributed by atoms with E-state index in [-0.39, 0.29) is 0 Å². The third-order valence-corrected chi connectivity index (χ3v) is 2.81. The minimum atomic E-state index is -0.424. The molecular weight excluding hydrogens is 178 g/mol. The zero-order valence-corrected chi connectivity index (χ0v) is 8.24. The standard InChI is InChI=1S/C10H13N3O/c1-5-6(2)13-10-8(5)3-7(4-12-10)9(11)14/h3-6H,1-2H3,(H2,11,14)(H,12,13)/t5-,6+/m1/s1. The lowest BCUT2D eigenvalue weighted by Crippen LogP contribution is -2.13. The quantitative estimate of drug-likeness (QED) is 0.698. The molecule has 0 saturated carbocycles. The summed E-state index contributed by atoms with van der Waals surface area (Å²) in [6.07, 6.45) is 1.51. The van der Waals surface area contributed by atoms with Gasteiger partial charge in [-0.2, -0.15) is 0 Å². The van der Waals surface area contributed by atoms with Crippen LogP contribution in [0.2, 0.25) is 0 Å². The van der Waals surface area contributed by atoms with E-state index in [2.05, 4.69) is 24.1 Å². The molecule has 1 aromatic heterocycles. The predicted molar refractivity (Wildman–Crippen MR) is 54.3 cm³/mol. The van der Waals surface area contributed by atoms with Crippen molar-refractivity contribution in [2.75, 3.05) is 5.32 Å². The first-order valence-electron chi connectivity index (χ1n) is 4.66. The van der Waals surface area contributed by atoms with Crippen molar-refractivity contribution in [2.45, 2.75) is 25.8 Å². The Kier molecular flexibility index (Phi) is 1.91. The summed E-state index contributed by atoms with van der Waals surface area (Å²) < 4.78 is 0. The Hall–Kier alpha value is -1.58. The maximum absolute atomic E-state index is 11.0. The number of carbonyl (C=O) groups excluding carboxylic acids is 1. The molecule has 74 valence electrons. The molecule has 0 radical (unpaired) electrons. The fourth-order valence-corrected chi connectivity index (χ4v) is 1.69. The van der Waals surface area contributed by atoms with E-state index < -0.39 is 5.91 Å². The van der Waals surface area contributed by atoms with Crippen molar-refractivity contribution in [2.24, 2.45) is 5.73 Å². The molecule has 2 atom stereocenters. The summed E-state index contributed by atoms with van der Waals surface area (Å²) in [5, 5.41) is 3.25. The number of nitrogens with one attached hydrogen (secondary N) is 1. The molecule has 0 aromatic carbocycles. The third-order valence-electron chi connectivity index (χ3n) is 2.81. The number of carbonyl (C=O) groups is 1. The van der Waals surface area contributed by atoms with E-state index in [0.717, 1.165) is 11.4 Å². The van der Waals surface area contributed by atoms with E-state index in [1.807, 2.05) is 6.07 Å². The highest BCUT2D eigenvalue weighted by Crippen LogP contribution is 2.33. The topological polar surface area (TPSA) is 68.0 Å². The number of aromatic nitrogens is 1. The van der Waals surface area contributed by atoms with E-state index in [4.69, 9.17) is 5.73 Å². The summed E-state index contributed by atoms with van der Waals surface area (Å²) in [5.41, 5.74) is 6.74. The number of pyridine rings is 1. The molecule has 3 N–H and O–H groups in total.